The third-order valence-corrected chi connectivity index (χ3v) is 6.24. The maximum atomic E-state index is 5.80. The van der Waals surface area contributed by atoms with E-state index >= 15 is 0 Å². The van der Waals surface area contributed by atoms with E-state index in [9.17, 15) is 0 Å². The zero-order valence-electron chi connectivity index (χ0n) is 14.5. The summed E-state index contributed by atoms with van der Waals surface area (Å²) in [7, 11) is 2.32. The van der Waals surface area contributed by atoms with E-state index < -0.39 is 0 Å². The second kappa shape index (κ2) is 5.96. The minimum atomic E-state index is 0.144. The molecule has 2 fully saturated rings. The van der Waals surface area contributed by atoms with Crippen LogP contribution in [0.2, 0.25) is 0 Å². The molecule has 0 aromatic carbocycles. The monoisotopic (exact) mass is 281 g/mol. The van der Waals surface area contributed by atoms with Crippen LogP contribution >= 0.6 is 0 Å². The molecule has 0 aromatic rings. The Labute approximate surface area is 126 Å². The van der Waals surface area contributed by atoms with Crippen molar-refractivity contribution in [3.63, 3.8) is 0 Å². The predicted octanol–water partition coefficient (Wildman–Crippen LogP) is 4.48. The molecule has 1 saturated heterocycles. The van der Waals surface area contributed by atoms with Gasteiger partial charge in [-0.15, -0.1) is 0 Å². The van der Waals surface area contributed by atoms with E-state index in [1.54, 1.807) is 0 Å². The molecule has 2 aliphatic rings. The van der Waals surface area contributed by atoms with Crippen molar-refractivity contribution >= 4 is 0 Å². The molecule has 2 nitrogen and oxygen atoms in total. The molecule has 1 heterocycles. The largest absolute Gasteiger partial charge is 0.367 e. The Morgan fingerprint density at radius 1 is 1.30 bits per heavy atom. The molecule has 0 N–H and O–H groups in total. The molecule has 2 rings (SSSR count). The second-order valence-electron chi connectivity index (χ2n) is 8.09. The lowest BCUT2D eigenvalue weighted by Gasteiger charge is -2.47. The van der Waals surface area contributed by atoms with Gasteiger partial charge in [0.2, 0.25) is 0 Å². The van der Waals surface area contributed by atoms with Gasteiger partial charge in [0, 0.05) is 5.54 Å². The summed E-state index contributed by atoms with van der Waals surface area (Å²) in [6, 6.07) is 0. The van der Waals surface area contributed by atoms with Gasteiger partial charge in [-0.1, -0.05) is 26.7 Å². The predicted molar refractivity (Wildman–Crippen MR) is 86.0 cm³/mol. The molecule has 0 aromatic heterocycles. The Hall–Kier alpha value is -0.0800. The van der Waals surface area contributed by atoms with Crippen molar-refractivity contribution in [3.8, 4) is 0 Å². The van der Waals surface area contributed by atoms with Crippen molar-refractivity contribution in [2.24, 2.45) is 11.8 Å². The van der Waals surface area contributed by atoms with Gasteiger partial charge >= 0.3 is 0 Å². The molecule has 2 heteroatoms. The first-order valence-electron chi connectivity index (χ1n) is 8.68. The molecule has 0 spiro atoms. The highest BCUT2D eigenvalue weighted by Crippen LogP contribution is 2.44. The number of rotatable bonds is 6. The lowest BCUT2D eigenvalue weighted by molar-refractivity contribution is 0.0320. The van der Waals surface area contributed by atoms with Gasteiger partial charge in [0.25, 0.3) is 0 Å². The topological polar surface area (TPSA) is 15.8 Å². The zero-order valence-corrected chi connectivity index (χ0v) is 14.5. The van der Waals surface area contributed by atoms with E-state index in [2.05, 4.69) is 46.6 Å². The quantitative estimate of drug-likeness (QED) is 0.667. The number of hydrogen-bond donors (Lipinski definition) is 0. The molecule has 118 valence electrons. The Kier molecular flexibility index (Phi) is 4.86. The number of hydrogen-bond acceptors (Lipinski definition) is 2. The molecule has 20 heavy (non-hydrogen) atoms. The van der Waals surface area contributed by atoms with E-state index in [4.69, 9.17) is 4.74 Å². The first kappa shape index (κ1) is 16.3. The van der Waals surface area contributed by atoms with Gasteiger partial charge in [0.15, 0.2) is 0 Å². The van der Waals surface area contributed by atoms with Gasteiger partial charge in [0.1, 0.15) is 0 Å². The van der Waals surface area contributed by atoms with Crippen molar-refractivity contribution < 1.29 is 4.74 Å². The molecule has 1 saturated carbocycles. The fraction of sp³-hybridized carbons (Fsp3) is 1.00. The molecule has 1 aliphatic carbocycles. The Morgan fingerprint density at radius 3 is 2.45 bits per heavy atom. The van der Waals surface area contributed by atoms with Crippen LogP contribution in [0.25, 0.3) is 0 Å². The van der Waals surface area contributed by atoms with Gasteiger partial charge in [0.05, 0.1) is 11.7 Å². The maximum absolute atomic E-state index is 5.80. The van der Waals surface area contributed by atoms with Crippen molar-refractivity contribution in [1.82, 2.24) is 4.90 Å². The van der Waals surface area contributed by atoms with Crippen LogP contribution in [-0.4, -0.2) is 35.7 Å². The van der Waals surface area contributed by atoms with Crippen molar-refractivity contribution in [1.29, 1.82) is 0 Å². The number of ether oxygens (including phenoxy) is 1. The normalized spacial score (nSPS) is 35.9. The third kappa shape index (κ3) is 3.39. The van der Waals surface area contributed by atoms with Crippen molar-refractivity contribution in [2.75, 3.05) is 13.6 Å². The molecule has 0 radical (unpaired) electrons. The van der Waals surface area contributed by atoms with Gasteiger partial charge in [-0.3, -0.25) is 0 Å². The molecular weight excluding hydrogens is 246 g/mol. The van der Waals surface area contributed by atoms with Gasteiger partial charge in [-0.05, 0) is 71.9 Å². The summed E-state index contributed by atoms with van der Waals surface area (Å²) in [5, 5.41) is 0. The van der Waals surface area contributed by atoms with Crippen LogP contribution in [0.1, 0.15) is 73.1 Å². The molecule has 0 bridgehead atoms. The van der Waals surface area contributed by atoms with Crippen LogP contribution in [0.5, 0.6) is 0 Å². The van der Waals surface area contributed by atoms with E-state index in [1.807, 2.05) is 0 Å². The summed E-state index contributed by atoms with van der Waals surface area (Å²) in [4.78, 5) is 2.60. The van der Waals surface area contributed by atoms with E-state index in [-0.39, 0.29) is 5.60 Å². The van der Waals surface area contributed by atoms with Crippen LogP contribution < -0.4 is 0 Å². The fourth-order valence-electron chi connectivity index (χ4n) is 4.23. The standard InChI is InChI=1S/C18H35NO/c1-7-19(6)18(5,12-11-16-17(3,4)20-16)15-10-8-9-14(2)13-15/h14-16H,7-13H2,1-6H3. The van der Waals surface area contributed by atoms with Gasteiger partial charge in [-0.2, -0.15) is 0 Å². The Balaban J connectivity index is 2.00. The molecule has 4 unspecified atom stereocenters. The van der Waals surface area contributed by atoms with Crippen molar-refractivity contribution in [2.45, 2.75) is 90.4 Å². The molecular formula is C18H35NO. The summed E-state index contributed by atoms with van der Waals surface area (Å²) in [5.74, 6) is 1.77. The van der Waals surface area contributed by atoms with E-state index in [0.29, 0.717) is 11.6 Å². The van der Waals surface area contributed by atoms with E-state index in [0.717, 1.165) is 18.4 Å². The average molecular weight is 281 g/mol. The molecule has 4 atom stereocenters. The SMILES string of the molecule is CCN(C)C(C)(CCC1OC1(C)C)C1CCCC(C)C1. The average Bonchev–Trinajstić information content (AvgIpc) is 3.02. The maximum Gasteiger partial charge on any atom is 0.0892 e. The zero-order chi connectivity index (χ0) is 15.0. The summed E-state index contributed by atoms with van der Waals surface area (Å²) >= 11 is 0. The van der Waals surface area contributed by atoms with Gasteiger partial charge in [-0.25, -0.2) is 0 Å². The lowest BCUT2D eigenvalue weighted by Crippen LogP contribution is -2.51. The van der Waals surface area contributed by atoms with Crippen molar-refractivity contribution in [3.05, 3.63) is 0 Å². The number of nitrogens with zero attached hydrogens (tertiary/aromatic N) is 1. The van der Waals surface area contributed by atoms with Gasteiger partial charge < -0.3 is 9.64 Å². The minimum Gasteiger partial charge on any atom is -0.367 e. The van der Waals surface area contributed by atoms with E-state index in [1.165, 1.54) is 38.5 Å². The Bertz CT molecular complexity index is 327. The van der Waals surface area contributed by atoms with Crippen LogP contribution in [0.3, 0.4) is 0 Å². The smallest absolute Gasteiger partial charge is 0.0892 e. The highest BCUT2D eigenvalue weighted by Gasteiger charge is 2.49. The summed E-state index contributed by atoms with van der Waals surface area (Å²) in [5.41, 5.74) is 0.497. The first-order chi connectivity index (χ1) is 9.29. The third-order valence-electron chi connectivity index (χ3n) is 6.24. The highest BCUT2D eigenvalue weighted by molar-refractivity contribution is 4.99. The molecule has 1 aliphatic heterocycles. The lowest BCUT2D eigenvalue weighted by atomic mass is 9.69. The second-order valence-corrected chi connectivity index (χ2v) is 8.09. The van der Waals surface area contributed by atoms with Crippen LogP contribution in [0.4, 0.5) is 0 Å². The highest BCUT2D eigenvalue weighted by atomic mass is 16.6. The first-order valence-corrected chi connectivity index (χ1v) is 8.68. The summed E-state index contributed by atoms with van der Waals surface area (Å²) in [6.07, 6.45) is 8.68. The van der Waals surface area contributed by atoms with Crippen LogP contribution in [0.15, 0.2) is 0 Å². The summed E-state index contributed by atoms with van der Waals surface area (Å²) < 4.78 is 5.80. The van der Waals surface area contributed by atoms with Crippen LogP contribution in [0, 0.1) is 11.8 Å². The molecule has 0 amide bonds. The van der Waals surface area contributed by atoms with Crippen LogP contribution in [-0.2, 0) is 4.74 Å². The minimum absolute atomic E-state index is 0.144. The Morgan fingerprint density at radius 2 is 1.95 bits per heavy atom. The number of epoxide rings is 1. The summed E-state index contributed by atoms with van der Waals surface area (Å²) in [6.45, 7) is 12.8. The fourth-order valence-corrected chi connectivity index (χ4v) is 4.23.